The van der Waals surface area contributed by atoms with Crippen molar-refractivity contribution in [1.29, 1.82) is 0 Å². The number of para-hydroxylation sites is 2. The van der Waals surface area contributed by atoms with E-state index in [2.05, 4.69) is 23.6 Å². The zero-order valence-corrected chi connectivity index (χ0v) is 18.9. The third-order valence-electron chi connectivity index (χ3n) is 6.11. The molecule has 0 bridgehead atoms. The predicted octanol–water partition coefficient (Wildman–Crippen LogP) is 4.95. The highest BCUT2D eigenvalue weighted by atomic mass is 16.5. The normalized spacial score (nSPS) is 15.9. The molecule has 4 aromatic rings. The number of hydrogen-bond donors (Lipinski definition) is 0. The van der Waals surface area contributed by atoms with Crippen molar-refractivity contribution in [2.75, 3.05) is 25.2 Å². The van der Waals surface area contributed by atoms with Crippen LogP contribution in [0.1, 0.15) is 23.7 Å². The van der Waals surface area contributed by atoms with Crippen LogP contribution in [0.15, 0.2) is 72.8 Å². The van der Waals surface area contributed by atoms with E-state index >= 15 is 0 Å². The molecule has 5 rings (SSSR count). The third kappa shape index (κ3) is 4.29. The number of amides is 1. The molecule has 3 aromatic carbocycles. The Hall–Kier alpha value is -3.80. The van der Waals surface area contributed by atoms with Gasteiger partial charge in [-0.15, -0.1) is 0 Å². The van der Waals surface area contributed by atoms with Gasteiger partial charge in [-0.2, -0.15) is 0 Å². The smallest absolute Gasteiger partial charge is 0.227 e. The van der Waals surface area contributed by atoms with Gasteiger partial charge in [0.15, 0.2) is 0 Å². The van der Waals surface area contributed by atoms with Gasteiger partial charge in [-0.1, -0.05) is 30.3 Å². The Bertz CT molecular complexity index is 1300. The molecule has 1 aliphatic rings. The van der Waals surface area contributed by atoms with Crippen LogP contribution in [0, 0.1) is 6.92 Å². The van der Waals surface area contributed by atoms with Crippen LogP contribution in [0.5, 0.6) is 11.5 Å². The van der Waals surface area contributed by atoms with Gasteiger partial charge in [0.25, 0.3) is 0 Å². The van der Waals surface area contributed by atoms with E-state index in [-0.39, 0.29) is 11.8 Å². The first-order chi connectivity index (χ1) is 16.1. The Morgan fingerprint density at radius 2 is 1.82 bits per heavy atom. The summed E-state index contributed by atoms with van der Waals surface area (Å²) < 4.78 is 13.6. The highest BCUT2D eigenvalue weighted by Gasteiger charge is 2.35. The van der Waals surface area contributed by atoms with E-state index in [1.165, 1.54) is 5.56 Å². The van der Waals surface area contributed by atoms with Gasteiger partial charge in [0, 0.05) is 30.6 Å². The SMILES string of the molecule is COc1cccc(N2CC(c3nc4ccccc4n3CCOc3cccc(C)c3)CC2=O)c1. The summed E-state index contributed by atoms with van der Waals surface area (Å²) in [6.45, 7) is 3.83. The van der Waals surface area contributed by atoms with Crippen LogP contribution in [-0.2, 0) is 11.3 Å². The number of fused-ring (bicyclic) bond motifs is 1. The number of anilines is 1. The van der Waals surface area contributed by atoms with E-state index in [1.54, 1.807) is 7.11 Å². The number of hydrogen-bond acceptors (Lipinski definition) is 4. The lowest BCUT2D eigenvalue weighted by atomic mass is 10.1. The Morgan fingerprint density at radius 1 is 1.00 bits per heavy atom. The molecule has 33 heavy (non-hydrogen) atoms. The number of carbonyl (C=O) groups is 1. The molecule has 1 amide bonds. The lowest BCUT2D eigenvalue weighted by Crippen LogP contribution is -2.24. The standard InChI is InChI=1S/C27H27N3O3/c1-19-7-5-10-23(15-19)33-14-13-29-25-12-4-3-11-24(25)28-27(29)20-16-26(31)30(18-20)21-8-6-9-22(17-21)32-2/h3-12,15,17,20H,13-14,16,18H2,1-2H3. The monoisotopic (exact) mass is 441 g/mol. The summed E-state index contributed by atoms with van der Waals surface area (Å²) in [4.78, 5) is 19.7. The molecule has 1 atom stereocenters. The van der Waals surface area contributed by atoms with Crippen LogP contribution >= 0.6 is 0 Å². The quantitative estimate of drug-likeness (QED) is 0.407. The van der Waals surface area contributed by atoms with E-state index in [9.17, 15) is 4.79 Å². The van der Waals surface area contributed by atoms with Crippen molar-refractivity contribution in [3.63, 3.8) is 0 Å². The van der Waals surface area contributed by atoms with Crippen LogP contribution in [-0.4, -0.2) is 35.7 Å². The molecule has 1 saturated heterocycles. The van der Waals surface area contributed by atoms with E-state index in [0.717, 1.165) is 34.0 Å². The number of imidazole rings is 1. The molecule has 0 saturated carbocycles. The second-order valence-electron chi connectivity index (χ2n) is 8.38. The summed E-state index contributed by atoms with van der Waals surface area (Å²) in [5, 5.41) is 0. The molecule has 6 nitrogen and oxygen atoms in total. The minimum Gasteiger partial charge on any atom is -0.497 e. The van der Waals surface area contributed by atoms with Crippen LogP contribution in [0.25, 0.3) is 11.0 Å². The Balaban J connectivity index is 1.40. The van der Waals surface area contributed by atoms with Gasteiger partial charge in [-0.3, -0.25) is 4.79 Å². The Morgan fingerprint density at radius 3 is 2.67 bits per heavy atom. The van der Waals surface area contributed by atoms with Crippen molar-refractivity contribution in [2.24, 2.45) is 0 Å². The van der Waals surface area contributed by atoms with Gasteiger partial charge in [0.1, 0.15) is 23.9 Å². The molecule has 0 radical (unpaired) electrons. The molecular weight excluding hydrogens is 414 g/mol. The molecule has 0 aliphatic carbocycles. The van der Waals surface area contributed by atoms with E-state index in [0.29, 0.717) is 26.1 Å². The van der Waals surface area contributed by atoms with Gasteiger partial charge in [0.2, 0.25) is 5.91 Å². The van der Waals surface area contributed by atoms with Crippen LogP contribution < -0.4 is 14.4 Å². The second kappa shape index (κ2) is 8.98. The van der Waals surface area contributed by atoms with Crippen LogP contribution in [0.4, 0.5) is 5.69 Å². The van der Waals surface area contributed by atoms with Gasteiger partial charge in [-0.05, 0) is 48.9 Å². The lowest BCUT2D eigenvalue weighted by Gasteiger charge is -2.18. The predicted molar refractivity (Wildman–Crippen MR) is 129 cm³/mol. The minimum absolute atomic E-state index is 0.00932. The molecule has 168 valence electrons. The Kier molecular flexibility index (Phi) is 5.73. The first kappa shape index (κ1) is 21.1. The topological polar surface area (TPSA) is 56.6 Å². The Labute approximate surface area is 193 Å². The number of nitrogens with zero attached hydrogens (tertiary/aromatic N) is 3. The summed E-state index contributed by atoms with van der Waals surface area (Å²) in [6.07, 6.45) is 0.430. The summed E-state index contributed by atoms with van der Waals surface area (Å²) in [7, 11) is 1.63. The van der Waals surface area contributed by atoms with Crippen molar-refractivity contribution >= 4 is 22.6 Å². The molecule has 1 aliphatic heterocycles. The molecular formula is C27H27N3O3. The van der Waals surface area contributed by atoms with Crippen molar-refractivity contribution < 1.29 is 14.3 Å². The number of benzene rings is 3. The van der Waals surface area contributed by atoms with Gasteiger partial charge in [0.05, 0.1) is 24.7 Å². The zero-order chi connectivity index (χ0) is 22.8. The fourth-order valence-corrected chi connectivity index (χ4v) is 4.51. The first-order valence-corrected chi connectivity index (χ1v) is 11.2. The van der Waals surface area contributed by atoms with E-state index < -0.39 is 0 Å². The van der Waals surface area contributed by atoms with Crippen molar-refractivity contribution in [2.45, 2.75) is 25.8 Å². The zero-order valence-electron chi connectivity index (χ0n) is 18.9. The fourth-order valence-electron chi connectivity index (χ4n) is 4.51. The first-order valence-electron chi connectivity index (χ1n) is 11.2. The maximum absolute atomic E-state index is 12.9. The fraction of sp³-hybridized carbons (Fsp3) is 0.259. The van der Waals surface area contributed by atoms with Crippen molar-refractivity contribution in [3.8, 4) is 11.5 Å². The van der Waals surface area contributed by atoms with E-state index in [4.69, 9.17) is 14.5 Å². The van der Waals surface area contributed by atoms with Crippen LogP contribution in [0.2, 0.25) is 0 Å². The summed E-state index contributed by atoms with van der Waals surface area (Å²) in [5.74, 6) is 2.64. The third-order valence-corrected chi connectivity index (χ3v) is 6.11. The summed E-state index contributed by atoms with van der Waals surface area (Å²) >= 11 is 0. The molecule has 1 fully saturated rings. The van der Waals surface area contributed by atoms with Gasteiger partial charge in [-0.25, -0.2) is 4.98 Å². The van der Waals surface area contributed by atoms with Gasteiger partial charge < -0.3 is 18.9 Å². The summed E-state index contributed by atoms with van der Waals surface area (Å²) in [6, 6.07) is 23.8. The number of aryl methyl sites for hydroxylation is 1. The number of ether oxygens (including phenoxy) is 2. The lowest BCUT2D eigenvalue weighted by molar-refractivity contribution is -0.117. The molecule has 0 spiro atoms. The van der Waals surface area contributed by atoms with Crippen LogP contribution in [0.3, 0.4) is 0 Å². The molecule has 1 unspecified atom stereocenters. The maximum atomic E-state index is 12.9. The number of methoxy groups -OCH3 is 1. The molecule has 2 heterocycles. The average molecular weight is 442 g/mol. The van der Waals surface area contributed by atoms with E-state index in [1.807, 2.05) is 65.6 Å². The molecule has 0 N–H and O–H groups in total. The van der Waals surface area contributed by atoms with Gasteiger partial charge >= 0.3 is 0 Å². The van der Waals surface area contributed by atoms with Crippen molar-refractivity contribution in [1.82, 2.24) is 9.55 Å². The minimum atomic E-state index is 0.00932. The largest absolute Gasteiger partial charge is 0.497 e. The summed E-state index contributed by atoms with van der Waals surface area (Å²) in [5.41, 5.74) is 4.03. The molecule has 6 heteroatoms. The van der Waals surface area contributed by atoms with Crippen molar-refractivity contribution in [3.05, 3.63) is 84.2 Å². The highest BCUT2D eigenvalue weighted by molar-refractivity contribution is 5.96. The number of rotatable bonds is 7. The second-order valence-corrected chi connectivity index (χ2v) is 8.38. The average Bonchev–Trinajstić information content (AvgIpc) is 3.40. The maximum Gasteiger partial charge on any atom is 0.227 e. The number of carbonyl (C=O) groups excluding carboxylic acids is 1. The highest BCUT2D eigenvalue weighted by Crippen LogP contribution is 2.34. The number of aromatic nitrogens is 2. The molecule has 1 aromatic heterocycles.